The third kappa shape index (κ3) is 4.91. The minimum absolute atomic E-state index is 0.191. The maximum atomic E-state index is 11.1. The number of nitrogens with zero attached hydrogens (tertiary/aromatic N) is 2. The standard InChI is InChI=1S/C24H33N3O5/c1-16(2)25-24-18-13-30-14-22(32-15-28)23(18)17-11-20(29-3)21(12-19(17)26-24)31-10-6-9-27-7-4-5-8-27/h11-12,15-16,22H,4-10,13-14H2,1-3H3,(H,25,26). The van der Waals surface area contributed by atoms with Gasteiger partial charge in [-0.2, -0.15) is 0 Å². The quantitative estimate of drug-likeness (QED) is 0.440. The van der Waals surface area contributed by atoms with E-state index >= 15 is 0 Å². The molecular formula is C24H33N3O5. The van der Waals surface area contributed by atoms with E-state index in [1.54, 1.807) is 7.11 Å². The smallest absolute Gasteiger partial charge is 0.293 e. The summed E-state index contributed by atoms with van der Waals surface area (Å²) < 4.78 is 22.8. The number of aromatic nitrogens is 1. The normalized spacial score (nSPS) is 18.6. The van der Waals surface area contributed by atoms with Crippen LogP contribution in [0.4, 0.5) is 5.82 Å². The molecule has 1 unspecified atom stereocenters. The third-order valence-corrected chi connectivity index (χ3v) is 5.97. The number of rotatable bonds is 10. The van der Waals surface area contributed by atoms with Crippen molar-refractivity contribution in [2.45, 2.75) is 51.9 Å². The highest BCUT2D eigenvalue weighted by atomic mass is 16.6. The molecule has 1 atom stereocenters. The van der Waals surface area contributed by atoms with Gasteiger partial charge in [0.15, 0.2) is 17.6 Å². The summed E-state index contributed by atoms with van der Waals surface area (Å²) in [4.78, 5) is 18.5. The van der Waals surface area contributed by atoms with Gasteiger partial charge >= 0.3 is 0 Å². The van der Waals surface area contributed by atoms with Gasteiger partial charge in [-0.25, -0.2) is 4.98 Å². The number of hydrogen-bond donors (Lipinski definition) is 1. The molecule has 1 saturated heterocycles. The Bertz CT molecular complexity index is 943. The number of benzene rings is 1. The molecule has 1 aromatic carbocycles. The number of carbonyl (C=O) groups excluding carboxylic acids is 1. The topological polar surface area (TPSA) is 82.2 Å². The highest BCUT2D eigenvalue weighted by Gasteiger charge is 2.29. The number of hydrogen-bond acceptors (Lipinski definition) is 8. The largest absolute Gasteiger partial charge is 0.493 e. The molecule has 0 amide bonds. The first-order chi connectivity index (χ1) is 15.6. The summed E-state index contributed by atoms with van der Waals surface area (Å²) in [5.41, 5.74) is 2.59. The Labute approximate surface area is 189 Å². The molecule has 4 rings (SSSR count). The van der Waals surface area contributed by atoms with Crippen molar-refractivity contribution in [3.8, 4) is 11.5 Å². The van der Waals surface area contributed by atoms with Gasteiger partial charge in [-0.3, -0.25) is 4.79 Å². The average molecular weight is 444 g/mol. The van der Waals surface area contributed by atoms with Crippen LogP contribution in [0.15, 0.2) is 12.1 Å². The second-order valence-corrected chi connectivity index (χ2v) is 8.66. The Balaban J connectivity index is 1.66. The van der Waals surface area contributed by atoms with E-state index in [4.69, 9.17) is 23.9 Å². The van der Waals surface area contributed by atoms with Crippen molar-refractivity contribution in [1.82, 2.24) is 9.88 Å². The summed E-state index contributed by atoms with van der Waals surface area (Å²) in [6.45, 7) is 9.35. The molecule has 0 radical (unpaired) electrons. The van der Waals surface area contributed by atoms with E-state index in [9.17, 15) is 4.79 Å². The van der Waals surface area contributed by atoms with Gasteiger partial charge in [-0.1, -0.05) is 0 Å². The van der Waals surface area contributed by atoms with Crippen LogP contribution in [0.1, 0.15) is 50.3 Å². The molecule has 0 aliphatic carbocycles. The van der Waals surface area contributed by atoms with Crippen molar-refractivity contribution in [3.63, 3.8) is 0 Å². The van der Waals surface area contributed by atoms with E-state index in [1.165, 1.54) is 25.9 Å². The first-order valence-corrected chi connectivity index (χ1v) is 11.4. The van der Waals surface area contributed by atoms with E-state index in [-0.39, 0.29) is 6.04 Å². The zero-order chi connectivity index (χ0) is 22.5. The highest BCUT2D eigenvalue weighted by Crippen LogP contribution is 2.41. The summed E-state index contributed by atoms with van der Waals surface area (Å²) in [5, 5.41) is 4.29. The molecule has 32 heavy (non-hydrogen) atoms. The molecule has 2 aromatic rings. The fourth-order valence-electron chi connectivity index (χ4n) is 4.52. The van der Waals surface area contributed by atoms with Crippen LogP contribution in [0.2, 0.25) is 0 Å². The molecule has 174 valence electrons. The first-order valence-electron chi connectivity index (χ1n) is 11.4. The molecule has 8 heteroatoms. The zero-order valence-electron chi connectivity index (χ0n) is 19.2. The van der Waals surface area contributed by atoms with Crippen molar-refractivity contribution < 1.29 is 23.7 Å². The minimum atomic E-state index is -0.494. The molecule has 0 spiro atoms. The van der Waals surface area contributed by atoms with Gasteiger partial charge in [0.1, 0.15) is 5.82 Å². The van der Waals surface area contributed by atoms with Crippen LogP contribution in [0.25, 0.3) is 10.9 Å². The molecule has 0 saturated carbocycles. The van der Waals surface area contributed by atoms with E-state index in [2.05, 4.69) is 24.1 Å². The van der Waals surface area contributed by atoms with Gasteiger partial charge < -0.3 is 29.2 Å². The number of methoxy groups -OCH3 is 1. The molecule has 1 fully saturated rings. The van der Waals surface area contributed by atoms with E-state index in [1.807, 2.05) is 12.1 Å². The Morgan fingerprint density at radius 1 is 1.28 bits per heavy atom. The Morgan fingerprint density at radius 2 is 2.09 bits per heavy atom. The third-order valence-electron chi connectivity index (χ3n) is 5.97. The molecule has 2 aliphatic rings. The van der Waals surface area contributed by atoms with Gasteiger partial charge in [0, 0.05) is 35.2 Å². The maximum Gasteiger partial charge on any atom is 0.293 e. The number of anilines is 1. The Kier molecular flexibility index (Phi) is 7.32. The van der Waals surface area contributed by atoms with Crippen LogP contribution >= 0.6 is 0 Å². The molecule has 1 aromatic heterocycles. The number of likely N-dealkylation sites (tertiary alicyclic amines) is 1. The van der Waals surface area contributed by atoms with Crippen molar-refractivity contribution >= 4 is 23.2 Å². The van der Waals surface area contributed by atoms with E-state index in [0.29, 0.717) is 37.8 Å². The van der Waals surface area contributed by atoms with Crippen molar-refractivity contribution in [1.29, 1.82) is 0 Å². The summed E-state index contributed by atoms with van der Waals surface area (Å²) in [6.07, 6.45) is 3.06. The van der Waals surface area contributed by atoms with Gasteiger partial charge in [-0.15, -0.1) is 0 Å². The lowest BCUT2D eigenvalue weighted by atomic mass is 9.95. The lowest BCUT2D eigenvalue weighted by Gasteiger charge is -2.28. The predicted molar refractivity (Wildman–Crippen MR) is 122 cm³/mol. The average Bonchev–Trinajstić information content (AvgIpc) is 3.30. The number of pyridine rings is 1. The second kappa shape index (κ2) is 10.4. The monoisotopic (exact) mass is 443 g/mol. The van der Waals surface area contributed by atoms with E-state index < -0.39 is 6.10 Å². The summed E-state index contributed by atoms with van der Waals surface area (Å²) in [7, 11) is 1.63. The van der Waals surface area contributed by atoms with Gasteiger partial charge in [0.25, 0.3) is 6.47 Å². The van der Waals surface area contributed by atoms with Crippen molar-refractivity contribution in [2.75, 3.05) is 45.3 Å². The van der Waals surface area contributed by atoms with Crippen LogP contribution in [-0.2, 0) is 20.9 Å². The fraction of sp³-hybridized carbons (Fsp3) is 0.583. The van der Waals surface area contributed by atoms with Crippen LogP contribution in [0.3, 0.4) is 0 Å². The summed E-state index contributed by atoms with van der Waals surface area (Å²) in [5.74, 6) is 2.06. The van der Waals surface area contributed by atoms with Crippen LogP contribution < -0.4 is 14.8 Å². The maximum absolute atomic E-state index is 11.1. The molecule has 1 N–H and O–H groups in total. The van der Waals surface area contributed by atoms with Gasteiger partial charge in [0.05, 0.1) is 32.4 Å². The van der Waals surface area contributed by atoms with Crippen molar-refractivity contribution in [2.24, 2.45) is 0 Å². The zero-order valence-corrected chi connectivity index (χ0v) is 19.2. The number of ether oxygens (including phenoxy) is 4. The number of fused-ring (bicyclic) bond motifs is 3. The summed E-state index contributed by atoms with van der Waals surface area (Å²) >= 11 is 0. The molecular weight excluding hydrogens is 410 g/mol. The molecule has 2 aliphatic heterocycles. The van der Waals surface area contributed by atoms with Crippen LogP contribution in [0, 0.1) is 0 Å². The van der Waals surface area contributed by atoms with Crippen LogP contribution in [-0.4, -0.2) is 62.4 Å². The molecule has 8 nitrogen and oxygen atoms in total. The van der Waals surface area contributed by atoms with Crippen molar-refractivity contribution in [3.05, 3.63) is 23.3 Å². The minimum Gasteiger partial charge on any atom is -0.493 e. The first kappa shape index (κ1) is 22.6. The molecule has 3 heterocycles. The fourth-order valence-corrected chi connectivity index (χ4v) is 4.52. The van der Waals surface area contributed by atoms with Gasteiger partial charge in [-0.05, 0) is 52.3 Å². The lowest BCUT2D eigenvalue weighted by Crippen LogP contribution is -2.23. The summed E-state index contributed by atoms with van der Waals surface area (Å²) in [6, 6.07) is 4.04. The van der Waals surface area contributed by atoms with Crippen LogP contribution in [0.5, 0.6) is 11.5 Å². The lowest BCUT2D eigenvalue weighted by molar-refractivity contribution is -0.138. The SMILES string of the molecule is COc1cc2c3c(c(NC(C)C)nc2cc1OCCCN1CCCC1)COCC3OC=O. The number of carbonyl (C=O) groups is 1. The second-order valence-electron chi connectivity index (χ2n) is 8.66. The number of nitrogens with one attached hydrogen (secondary N) is 1. The van der Waals surface area contributed by atoms with Gasteiger partial charge in [0.2, 0.25) is 0 Å². The Hall–Kier alpha value is -2.58. The Morgan fingerprint density at radius 3 is 2.81 bits per heavy atom. The predicted octanol–water partition coefficient (Wildman–Crippen LogP) is 3.67. The highest BCUT2D eigenvalue weighted by molar-refractivity contribution is 5.89. The van der Waals surface area contributed by atoms with E-state index in [0.717, 1.165) is 40.8 Å². The molecule has 0 bridgehead atoms.